The Bertz CT molecular complexity index is 208. The average Bonchev–Trinajstić information content (AvgIpc) is 2.16. The Morgan fingerprint density at radius 1 is 1.33 bits per heavy atom. The van der Waals surface area contributed by atoms with Gasteiger partial charge in [-0.1, -0.05) is 25.1 Å². The number of aliphatic hydroxyl groups is 1. The van der Waals surface area contributed by atoms with Gasteiger partial charge in [-0.05, 0) is 12.1 Å². The van der Waals surface area contributed by atoms with Gasteiger partial charge in [-0.3, -0.25) is 0 Å². The molecule has 12 heavy (non-hydrogen) atoms. The highest BCUT2D eigenvalue weighted by molar-refractivity contribution is 5.20. The third kappa shape index (κ3) is 2.93. The van der Waals surface area contributed by atoms with E-state index < -0.39 is 0 Å². The average molecular weight is 166 g/mol. The van der Waals surface area contributed by atoms with Gasteiger partial charge in [0.2, 0.25) is 0 Å². The summed E-state index contributed by atoms with van der Waals surface area (Å²) in [5.41, 5.74) is 0. The van der Waals surface area contributed by atoms with E-state index in [4.69, 9.17) is 9.84 Å². The second-order valence-corrected chi connectivity index (χ2v) is 2.91. The lowest BCUT2D eigenvalue weighted by Crippen LogP contribution is -2.11. The van der Waals surface area contributed by atoms with Crippen molar-refractivity contribution in [1.29, 1.82) is 0 Å². The van der Waals surface area contributed by atoms with E-state index in [2.05, 4.69) is 0 Å². The van der Waals surface area contributed by atoms with Gasteiger partial charge in [0.25, 0.3) is 0 Å². The smallest absolute Gasteiger partial charge is 0.119 e. The van der Waals surface area contributed by atoms with Gasteiger partial charge >= 0.3 is 0 Å². The van der Waals surface area contributed by atoms with E-state index in [0.717, 1.165) is 5.75 Å². The van der Waals surface area contributed by atoms with Crippen molar-refractivity contribution in [1.82, 2.24) is 0 Å². The number of hydrogen-bond acceptors (Lipinski definition) is 2. The number of ether oxygens (including phenoxy) is 1. The Balaban J connectivity index is 2.33. The van der Waals surface area contributed by atoms with Crippen LogP contribution >= 0.6 is 0 Å². The summed E-state index contributed by atoms with van der Waals surface area (Å²) < 4.78 is 5.40. The lowest BCUT2D eigenvalue weighted by molar-refractivity contribution is 0.174. The fourth-order valence-electron chi connectivity index (χ4n) is 0.808. The highest BCUT2D eigenvalue weighted by Gasteiger charge is 1.99. The minimum atomic E-state index is 0.173. The number of para-hydroxylation sites is 1. The predicted molar refractivity (Wildman–Crippen MR) is 48.2 cm³/mol. The minimum Gasteiger partial charge on any atom is -0.493 e. The molecule has 0 aromatic heterocycles. The van der Waals surface area contributed by atoms with Gasteiger partial charge in [-0.25, -0.2) is 0 Å². The Hall–Kier alpha value is -1.02. The molecule has 0 heterocycles. The van der Waals surface area contributed by atoms with Crippen molar-refractivity contribution < 1.29 is 9.84 Å². The molecule has 0 aliphatic heterocycles. The van der Waals surface area contributed by atoms with Crippen LogP contribution in [0.2, 0.25) is 0 Å². The zero-order valence-corrected chi connectivity index (χ0v) is 7.23. The van der Waals surface area contributed by atoms with Crippen molar-refractivity contribution >= 4 is 0 Å². The fraction of sp³-hybridized carbons (Fsp3) is 0.400. The van der Waals surface area contributed by atoms with E-state index in [-0.39, 0.29) is 12.5 Å². The van der Waals surface area contributed by atoms with Crippen LogP contribution in [0.15, 0.2) is 30.3 Å². The SMILES string of the molecule is C[C@@H](CO)COc1ccccc1. The molecule has 1 aromatic rings. The van der Waals surface area contributed by atoms with E-state index in [1.807, 2.05) is 37.3 Å². The first-order valence-corrected chi connectivity index (χ1v) is 4.11. The molecule has 1 aromatic carbocycles. The molecule has 0 bridgehead atoms. The lowest BCUT2D eigenvalue weighted by Gasteiger charge is -2.09. The molecule has 1 atom stereocenters. The largest absolute Gasteiger partial charge is 0.493 e. The predicted octanol–water partition coefficient (Wildman–Crippen LogP) is 1.69. The lowest BCUT2D eigenvalue weighted by atomic mass is 10.2. The summed E-state index contributed by atoms with van der Waals surface area (Å²) >= 11 is 0. The van der Waals surface area contributed by atoms with E-state index in [1.165, 1.54) is 0 Å². The Labute approximate surface area is 72.8 Å². The standard InChI is InChI=1S/C10H14O2/c1-9(7-11)8-12-10-5-3-2-4-6-10/h2-6,9,11H,7-8H2,1H3/t9-/m0/s1. The Morgan fingerprint density at radius 2 is 2.00 bits per heavy atom. The summed E-state index contributed by atoms with van der Waals surface area (Å²) in [6.07, 6.45) is 0. The van der Waals surface area contributed by atoms with E-state index in [9.17, 15) is 0 Å². The van der Waals surface area contributed by atoms with Gasteiger partial charge in [0.15, 0.2) is 0 Å². The molecule has 1 rings (SSSR count). The molecule has 0 aliphatic rings. The summed E-state index contributed by atoms with van der Waals surface area (Å²) in [5.74, 6) is 1.06. The number of hydrogen-bond donors (Lipinski definition) is 1. The van der Waals surface area contributed by atoms with Crippen molar-refractivity contribution in [2.75, 3.05) is 13.2 Å². The van der Waals surface area contributed by atoms with Crippen molar-refractivity contribution in [2.24, 2.45) is 5.92 Å². The Morgan fingerprint density at radius 3 is 2.58 bits per heavy atom. The second-order valence-electron chi connectivity index (χ2n) is 2.91. The van der Waals surface area contributed by atoms with Gasteiger partial charge < -0.3 is 9.84 Å². The maximum atomic E-state index is 8.73. The van der Waals surface area contributed by atoms with E-state index in [1.54, 1.807) is 0 Å². The van der Waals surface area contributed by atoms with Crippen molar-refractivity contribution in [2.45, 2.75) is 6.92 Å². The summed E-state index contributed by atoms with van der Waals surface area (Å²) in [5, 5.41) is 8.73. The van der Waals surface area contributed by atoms with Crippen molar-refractivity contribution in [3.63, 3.8) is 0 Å². The minimum absolute atomic E-state index is 0.173. The van der Waals surface area contributed by atoms with Crippen LogP contribution in [0.1, 0.15) is 6.92 Å². The molecule has 1 N–H and O–H groups in total. The van der Waals surface area contributed by atoms with E-state index in [0.29, 0.717) is 6.61 Å². The topological polar surface area (TPSA) is 29.5 Å². The van der Waals surface area contributed by atoms with Crippen LogP contribution in [0, 0.1) is 5.92 Å². The van der Waals surface area contributed by atoms with Crippen LogP contribution in [0.25, 0.3) is 0 Å². The zero-order chi connectivity index (χ0) is 8.81. The normalized spacial score (nSPS) is 12.5. The number of benzene rings is 1. The van der Waals surface area contributed by atoms with Crippen molar-refractivity contribution in [3.05, 3.63) is 30.3 Å². The maximum absolute atomic E-state index is 8.73. The first kappa shape index (κ1) is 9.07. The molecular formula is C10H14O2. The van der Waals surface area contributed by atoms with Crippen LogP contribution in [-0.2, 0) is 0 Å². The molecule has 2 heteroatoms. The van der Waals surface area contributed by atoms with Gasteiger partial charge in [0.1, 0.15) is 5.75 Å². The molecule has 0 saturated heterocycles. The van der Waals surface area contributed by atoms with Crippen LogP contribution in [0.4, 0.5) is 0 Å². The van der Waals surface area contributed by atoms with Gasteiger partial charge in [0.05, 0.1) is 6.61 Å². The molecule has 0 unspecified atom stereocenters. The first-order chi connectivity index (χ1) is 5.83. The third-order valence-corrected chi connectivity index (χ3v) is 1.59. The van der Waals surface area contributed by atoms with Gasteiger partial charge in [0, 0.05) is 12.5 Å². The molecule has 0 fully saturated rings. The number of aliphatic hydroxyl groups excluding tert-OH is 1. The van der Waals surface area contributed by atoms with Crippen LogP contribution in [-0.4, -0.2) is 18.3 Å². The molecule has 2 nitrogen and oxygen atoms in total. The first-order valence-electron chi connectivity index (χ1n) is 4.11. The molecule has 0 radical (unpaired) electrons. The quantitative estimate of drug-likeness (QED) is 0.737. The molecule has 0 amide bonds. The number of rotatable bonds is 4. The molecule has 0 aliphatic carbocycles. The highest BCUT2D eigenvalue weighted by atomic mass is 16.5. The van der Waals surface area contributed by atoms with Gasteiger partial charge in [-0.2, -0.15) is 0 Å². The van der Waals surface area contributed by atoms with Crippen LogP contribution < -0.4 is 4.74 Å². The summed E-state index contributed by atoms with van der Waals surface area (Å²) in [7, 11) is 0. The van der Waals surface area contributed by atoms with Crippen LogP contribution in [0.3, 0.4) is 0 Å². The zero-order valence-electron chi connectivity index (χ0n) is 7.23. The monoisotopic (exact) mass is 166 g/mol. The molecule has 66 valence electrons. The summed E-state index contributed by atoms with van der Waals surface area (Å²) in [6.45, 7) is 2.69. The van der Waals surface area contributed by atoms with Crippen LogP contribution in [0.5, 0.6) is 5.75 Å². The molecular weight excluding hydrogens is 152 g/mol. The summed E-state index contributed by atoms with van der Waals surface area (Å²) in [4.78, 5) is 0. The maximum Gasteiger partial charge on any atom is 0.119 e. The molecule has 0 saturated carbocycles. The van der Waals surface area contributed by atoms with Crippen molar-refractivity contribution in [3.8, 4) is 5.75 Å². The molecule has 0 spiro atoms. The van der Waals surface area contributed by atoms with Gasteiger partial charge in [-0.15, -0.1) is 0 Å². The third-order valence-electron chi connectivity index (χ3n) is 1.59. The summed E-state index contributed by atoms with van der Waals surface area (Å²) in [6, 6.07) is 9.62. The van der Waals surface area contributed by atoms with E-state index >= 15 is 0 Å². The Kier molecular flexibility index (Phi) is 3.61. The second kappa shape index (κ2) is 4.78. The fourth-order valence-corrected chi connectivity index (χ4v) is 0.808. The highest BCUT2D eigenvalue weighted by Crippen LogP contribution is 2.09.